The maximum atomic E-state index is 14.8. The molecule has 1 unspecified atom stereocenters. The Bertz CT molecular complexity index is 1040. The molecule has 2 nitrogen and oxygen atoms in total. The first-order valence-corrected chi connectivity index (χ1v) is 11.2. The normalized spacial score (nSPS) is 13.2. The molecule has 31 heavy (non-hydrogen) atoms. The summed E-state index contributed by atoms with van der Waals surface area (Å²) in [6.07, 6.45) is 7.61. The summed E-state index contributed by atoms with van der Waals surface area (Å²) < 4.78 is 31.1. The average molecular weight is 424 g/mol. The molecule has 0 radical (unpaired) electrons. The fourth-order valence-electron chi connectivity index (χ4n) is 4.10. The molecule has 2 aromatic carbocycles. The Morgan fingerprint density at radius 1 is 1.06 bits per heavy atom. The topological polar surface area (TPSA) is 7.12 Å². The lowest BCUT2D eigenvalue weighted by molar-refractivity contribution is -0.697. The average Bonchev–Trinajstić information content (AvgIpc) is 2.77. The summed E-state index contributed by atoms with van der Waals surface area (Å²) in [4.78, 5) is 2.47. The SMILES string of the molecule is CCN(CC)C(C)CCC[n+]1ccc(/C(F)=C/c2ccc3c(F)c(C)ccc3c2)cc1. The monoisotopic (exact) mass is 423 g/mol. The van der Waals surface area contributed by atoms with Crippen molar-refractivity contribution in [3.63, 3.8) is 0 Å². The molecule has 3 rings (SSSR count). The first-order chi connectivity index (χ1) is 14.9. The zero-order valence-corrected chi connectivity index (χ0v) is 19.0. The van der Waals surface area contributed by atoms with Gasteiger partial charge in [-0.15, -0.1) is 0 Å². The van der Waals surface area contributed by atoms with Crippen LogP contribution in [-0.2, 0) is 6.54 Å². The van der Waals surface area contributed by atoms with Crippen molar-refractivity contribution in [2.75, 3.05) is 13.1 Å². The van der Waals surface area contributed by atoms with Gasteiger partial charge in [0.25, 0.3) is 0 Å². The van der Waals surface area contributed by atoms with E-state index < -0.39 is 0 Å². The van der Waals surface area contributed by atoms with Crippen LogP contribution in [0.4, 0.5) is 8.78 Å². The van der Waals surface area contributed by atoms with E-state index in [0.29, 0.717) is 22.6 Å². The fraction of sp³-hybridized carbons (Fsp3) is 0.370. The molecule has 0 spiro atoms. The molecule has 0 saturated heterocycles. The highest BCUT2D eigenvalue weighted by atomic mass is 19.1. The van der Waals surface area contributed by atoms with Gasteiger partial charge in [0.1, 0.15) is 18.2 Å². The van der Waals surface area contributed by atoms with Crippen molar-refractivity contribution in [2.45, 2.75) is 53.1 Å². The van der Waals surface area contributed by atoms with Crippen LogP contribution in [0.3, 0.4) is 0 Å². The number of hydrogen-bond donors (Lipinski definition) is 0. The van der Waals surface area contributed by atoms with Gasteiger partial charge >= 0.3 is 0 Å². The second-order valence-electron chi connectivity index (χ2n) is 8.21. The lowest BCUT2D eigenvalue weighted by atomic mass is 10.0. The third kappa shape index (κ3) is 5.76. The van der Waals surface area contributed by atoms with E-state index in [-0.39, 0.29) is 11.6 Å². The lowest BCUT2D eigenvalue weighted by Gasteiger charge is -2.25. The summed E-state index contributed by atoms with van der Waals surface area (Å²) in [5.74, 6) is -0.512. The molecule has 1 atom stereocenters. The summed E-state index contributed by atoms with van der Waals surface area (Å²) in [5.41, 5.74) is 1.88. The molecule has 0 fully saturated rings. The van der Waals surface area contributed by atoms with Crippen molar-refractivity contribution < 1.29 is 13.3 Å². The Morgan fingerprint density at radius 2 is 1.77 bits per heavy atom. The number of rotatable bonds is 9. The van der Waals surface area contributed by atoms with Gasteiger partial charge in [0.05, 0.1) is 0 Å². The quantitative estimate of drug-likeness (QED) is 0.354. The van der Waals surface area contributed by atoms with Crippen LogP contribution in [-0.4, -0.2) is 24.0 Å². The molecular weight excluding hydrogens is 390 g/mol. The van der Waals surface area contributed by atoms with Crippen LogP contribution in [0.25, 0.3) is 22.7 Å². The van der Waals surface area contributed by atoms with Gasteiger partial charge in [-0.2, -0.15) is 0 Å². The van der Waals surface area contributed by atoms with Crippen LogP contribution >= 0.6 is 0 Å². The van der Waals surface area contributed by atoms with E-state index in [1.165, 1.54) is 6.08 Å². The number of nitrogens with zero attached hydrogens (tertiary/aromatic N) is 2. The Kier molecular flexibility index (Phi) is 7.91. The largest absolute Gasteiger partial charge is 0.301 e. The van der Waals surface area contributed by atoms with Gasteiger partial charge < -0.3 is 4.90 Å². The maximum absolute atomic E-state index is 14.8. The van der Waals surface area contributed by atoms with Crippen LogP contribution in [0, 0.1) is 12.7 Å². The van der Waals surface area contributed by atoms with Gasteiger partial charge in [0.2, 0.25) is 0 Å². The predicted molar refractivity (Wildman–Crippen MR) is 126 cm³/mol. The molecule has 0 aliphatic carbocycles. The number of aromatic nitrogens is 1. The second kappa shape index (κ2) is 10.6. The van der Waals surface area contributed by atoms with Gasteiger partial charge in [0.15, 0.2) is 12.4 Å². The summed E-state index contributed by atoms with van der Waals surface area (Å²) >= 11 is 0. The summed E-state index contributed by atoms with van der Waals surface area (Å²) in [6, 6.07) is 13.1. The van der Waals surface area contributed by atoms with Crippen molar-refractivity contribution in [1.82, 2.24) is 4.90 Å². The van der Waals surface area contributed by atoms with Gasteiger partial charge in [-0.3, -0.25) is 0 Å². The highest BCUT2D eigenvalue weighted by Crippen LogP contribution is 2.25. The van der Waals surface area contributed by atoms with Gasteiger partial charge in [-0.25, -0.2) is 13.3 Å². The number of benzene rings is 2. The fourth-order valence-corrected chi connectivity index (χ4v) is 4.10. The van der Waals surface area contributed by atoms with Crippen molar-refractivity contribution in [1.29, 1.82) is 0 Å². The van der Waals surface area contributed by atoms with Gasteiger partial charge in [-0.1, -0.05) is 38.1 Å². The van der Waals surface area contributed by atoms with E-state index in [0.717, 1.165) is 43.4 Å². The van der Waals surface area contributed by atoms with Crippen LogP contribution in [0.2, 0.25) is 0 Å². The van der Waals surface area contributed by atoms with Crippen molar-refractivity contribution in [3.8, 4) is 0 Å². The first-order valence-electron chi connectivity index (χ1n) is 11.2. The van der Waals surface area contributed by atoms with Crippen LogP contribution in [0.1, 0.15) is 50.3 Å². The van der Waals surface area contributed by atoms with E-state index >= 15 is 0 Å². The molecule has 0 aliphatic heterocycles. The van der Waals surface area contributed by atoms with E-state index in [4.69, 9.17) is 0 Å². The van der Waals surface area contributed by atoms with Gasteiger partial charge in [0, 0.05) is 35.5 Å². The number of aryl methyl sites for hydroxylation is 2. The Balaban J connectivity index is 1.64. The molecule has 1 heterocycles. The molecule has 0 amide bonds. The van der Waals surface area contributed by atoms with Crippen molar-refractivity contribution in [2.24, 2.45) is 0 Å². The maximum Gasteiger partial charge on any atom is 0.169 e. The molecular formula is C27H33F2N2+. The highest BCUT2D eigenvalue weighted by molar-refractivity contribution is 5.88. The Labute approximate surface area is 184 Å². The standard InChI is InChI=1S/C27H33F2N2/c1-5-31(6-2)21(4)8-7-15-30-16-13-23(14-17-30)26(28)19-22-10-12-25-24(18-22)11-9-20(3)27(25)29/h9-14,16-19,21H,5-8,15H2,1-4H3/q+1/b26-19-. The Morgan fingerprint density at radius 3 is 2.45 bits per heavy atom. The molecule has 0 aliphatic rings. The lowest BCUT2D eigenvalue weighted by Crippen LogP contribution is -2.36. The number of halogens is 2. The van der Waals surface area contributed by atoms with Crippen molar-refractivity contribution >= 4 is 22.7 Å². The van der Waals surface area contributed by atoms with Crippen LogP contribution in [0.15, 0.2) is 54.9 Å². The van der Waals surface area contributed by atoms with Crippen molar-refractivity contribution in [3.05, 3.63) is 77.4 Å². The molecule has 0 bridgehead atoms. The third-order valence-corrected chi connectivity index (χ3v) is 6.11. The summed E-state index contributed by atoms with van der Waals surface area (Å²) in [6.45, 7) is 11.5. The zero-order chi connectivity index (χ0) is 22.4. The number of pyridine rings is 1. The molecule has 1 aromatic heterocycles. The van der Waals surface area contributed by atoms with Crippen LogP contribution < -0.4 is 4.57 Å². The molecule has 3 aromatic rings. The van der Waals surface area contributed by atoms with E-state index in [1.54, 1.807) is 25.1 Å². The van der Waals surface area contributed by atoms with Gasteiger partial charge in [-0.05, 0) is 62.0 Å². The smallest absolute Gasteiger partial charge is 0.169 e. The molecule has 4 heteroatoms. The number of fused-ring (bicyclic) bond motifs is 1. The highest BCUT2D eigenvalue weighted by Gasteiger charge is 2.11. The molecule has 0 saturated carbocycles. The first kappa shape index (κ1) is 23.1. The number of hydrogen-bond acceptors (Lipinski definition) is 1. The minimum atomic E-state index is -0.297. The van der Waals surface area contributed by atoms with Crippen LogP contribution in [0.5, 0.6) is 0 Å². The van der Waals surface area contributed by atoms with E-state index in [9.17, 15) is 8.78 Å². The summed E-state index contributed by atoms with van der Waals surface area (Å²) in [7, 11) is 0. The van der Waals surface area contributed by atoms with E-state index in [1.807, 2.05) is 36.7 Å². The minimum absolute atomic E-state index is 0.215. The summed E-state index contributed by atoms with van der Waals surface area (Å²) in [5, 5.41) is 1.34. The predicted octanol–water partition coefficient (Wildman–Crippen LogP) is 6.55. The minimum Gasteiger partial charge on any atom is -0.301 e. The zero-order valence-electron chi connectivity index (χ0n) is 19.0. The Hall–Kier alpha value is -2.59. The molecule has 0 N–H and O–H groups in total. The van der Waals surface area contributed by atoms with E-state index in [2.05, 4.69) is 30.2 Å². The molecule has 164 valence electrons. The third-order valence-electron chi connectivity index (χ3n) is 6.11. The second-order valence-corrected chi connectivity index (χ2v) is 8.21.